The van der Waals surface area contributed by atoms with Crippen molar-refractivity contribution in [3.63, 3.8) is 0 Å². The van der Waals surface area contributed by atoms with Crippen LogP contribution < -0.4 is 0 Å². The molecule has 0 spiro atoms. The molecule has 0 bridgehead atoms. The number of allylic oxidation sites excluding steroid dienone is 4. The van der Waals surface area contributed by atoms with E-state index in [0.717, 1.165) is 22.4 Å². The SMILES string of the molecule is CC1=[C-]C(C)C(C)=C1C.C[Si](C)=[Zr+2].Fc1ccc(-c2c[cH-]c3ccccc23)c(F)c1. The second kappa shape index (κ2) is 11.2. The van der Waals surface area contributed by atoms with Crippen molar-refractivity contribution in [3.05, 3.63) is 89.0 Å². The van der Waals surface area contributed by atoms with Gasteiger partial charge < -0.3 is 0 Å². The van der Waals surface area contributed by atoms with Crippen molar-refractivity contribution < 1.29 is 32.1 Å². The molecule has 3 aromatic carbocycles. The third-order valence-corrected chi connectivity index (χ3v) is 5.14. The summed E-state index contributed by atoms with van der Waals surface area (Å²) in [5.41, 5.74) is 5.70. The fourth-order valence-corrected chi connectivity index (χ4v) is 3.26. The Morgan fingerprint density at radius 1 is 1.00 bits per heavy atom. The zero-order valence-corrected chi connectivity index (χ0v) is 22.0. The number of halogens is 2. The van der Waals surface area contributed by atoms with E-state index in [2.05, 4.69) is 46.9 Å². The molecule has 0 heterocycles. The Morgan fingerprint density at radius 3 is 2.13 bits per heavy atom. The largest absolute Gasteiger partial charge is 0.207 e. The summed E-state index contributed by atoms with van der Waals surface area (Å²) in [6.45, 7) is 13.3. The predicted molar refractivity (Wildman–Crippen MR) is 122 cm³/mol. The Labute approximate surface area is 194 Å². The number of rotatable bonds is 1. The van der Waals surface area contributed by atoms with Crippen LogP contribution in [0.15, 0.2) is 71.3 Å². The molecule has 0 amide bonds. The van der Waals surface area contributed by atoms with Gasteiger partial charge in [0.1, 0.15) is 11.6 Å². The summed E-state index contributed by atoms with van der Waals surface area (Å²) >= 11 is 1.74. The van der Waals surface area contributed by atoms with Crippen LogP contribution in [0.4, 0.5) is 8.78 Å². The van der Waals surface area contributed by atoms with Gasteiger partial charge in [0, 0.05) is 6.07 Å². The van der Waals surface area contributed by atoms with Gasteiger partial charge in [0.15, 0.2) is 0 Å². The molecule has 3 aromatic rings. The normalized spacial score (nSPS) is 15.3. The van der Waals surface area contributed by atoms with Crippen molar-refractivity contribution in [2.24, 2.45) is 5.92 Å². The summed E-state index contributed by atoms with van der Waals surface area (Å²) < 4.78 is 26.6. The molecule has 0 aliphatic heterocycles. The van der Waals surface area contributed by atoms with Crippen LogP contribution in [0.2, 0.25) is 13.1 Å². The molecule has 4 rings (SSSR count). The molecule has 0 saturated carbocycles. The Kier molecular flexibility index (Phi) is 9.25. The zero-order valence-electron chi connectivity index (χ0n) is 18.5. The molecule has 1 unspecified atom stereocenters. The molecule has 1 atom stereocenters. The van der Waals surface area contributed by atoms with Crippen LogP contribution in [0, 0.1) is 23.6 Å². The molecule has 0 saturated heterocycles. The number of hydrogen-bond acceptors (Lipinski definition) is 0. The van der Waals surface area contributed by atoms with Crippen molar-refractivity contribution in [3.8, 4) is 11.1 Å². The molecule has 0 N–H and O–H groups in total. The van der Waals surface area contributed by atoms with Crippen molar-refractivity contribution >= 4 is 16.2 Å². The van der Waals surface area contributed by atoms with E-state index in [1.54, 1.807) is 23.3 Å². The Bertz CT molecular complexity index is 1100. The zero-order chi connectivity index (χ0) is 22.4. The average Bonchev–Trinajstić information content (AvgIpc) is 3.19. The van der Waals surface area contributed by atoms with Gasteiger partial charge in [-0.3, -0.25) is 6.08 Å². The maximum atomic E-state index is 13.7. The standard InChI is InChI=1S/C15H9F2.C9H13.C2H6Si.Zr/c16-11-6-8-14(15(17)9-11)13-7-5-10-3-1-2-4-12(10)13;1-6-5-7(2)9(4)8(6)3;1-3-2;/h1-9H;6H,1-4H3;1-2H3;/q2*-1;;+2. The molecule has 1 aliphatic rings. The Morgan fingerprint density at radius 2 is 1.63 bits per heavy atom. The fourth-order valence-electron chi connectivity index (χ4n) is 3.26. The molecule has 0 aromatic heterocycles. The smallest absolute Gasteiger partial charge is 0.126 e. The van der Waals surface area contributed by atoms with E-state index >= 15 is 0 Å². The monoisotopic (exact) mass is 496 g/mol. The average molecular weight is 498 g/mol. The first kappa shape index (κ1) is 24.8. The van der Waals surface area contributed by atoms with E-state index in [1.165, 1.54) is 28.9 Å². The third kappa shape index (κ3) is 6.49. The summed E-state index contributed by atoms with van der Waals surface area (Å²) in [4.78, 5) is 0. The number of benzene rings is 2. The van der Waals surface area contributed by atoms with Gasteiger partial charge in [0.25, 0.3) is 0 Å². The second-order valence-corrected chi connectivity index (χ2v) is 17.1. The minimum atomic E-state index is -0.554. The summed E-state index contributed by atoms with van der Waals surface area (Å²) in [5, 5.41) is 2.05. The second-order valence-electron chi connectivity index (χ2n) is 7.76. The van der Waals surface area contributed by atoms with Crippen molar-refractivity contribution in [2.75, 3.05) is 0 Å². The van der Waals surface area contributed by atoms with E-state index in [-0.39, 0.29) is 5.43 Å². The molecule has 0 nitrogen and oxygen atoms in total. The number of fused-ring (bicyclic) bond motifs is 1. The van der Waals surface area contributed by atoms with Crippen LogP contribution in [0.25, 0.3) is 21.9 Å². The maximum absolute atomic E-state index is 13.7. The van der Waals surface area contributed by atoms with Gasteiger partial charge in [-0.05, 0) is 11.6 Å². The van der Waals surface area contributed by atoms with Crippen molar-refractivity contribution in [1.82, 2.24) is 0 Å². The van der Waals surface area contributed by atoms with Crippen LogP contribution in [0.1, 0.15) is 27.7 Å². The van der Waals surface area contributed by atoms with E-state index in [1.807, 2.05) is 36.4 Å². The third-order valence-electron chi connectivity index (χ3n) is 5.14. The van der Waals surface area contributed by atoms with Crippen LogP contribution in [-0.4, -0.2) is 5.43 Å². The van der Waals surface area contributed by atoms with E-state index in [4.69, 9.17) is 0 Å². The van der Waals surface area contributed by atoms with Gasteiger partial charge in [-0.15, -0.1) is 53.6 Å². The van der Waals surface area contributed by atoms with Gasteiger partial charge in [-0.1, -0.05) is 38.8 Å². The van der Waals surface area contributed by atoms with Crippen molar-refractivity contribution in [2.45, 2.75) is 40.8 Å². The van der Waals surface area contributed by atoms with Crippen LogP contribution >= 0.6 is 0 Å². The van der Waals surface area contributed by atoms with E-state index < -0.39 is 11.6 Å². The van der Waals surface area contributed by atoms with Gasteiger partial charge in [0.2, 0.25) is 0 Å². The first-order valence-electron chi connectivity index (χ1n) is 10.0. The van der Waals surface area contributed by atoms with Crippen molar-refractivity contribution in [1.29, 1.82) is 0 Å². The molecule has 0 fully saturated rings. The van der Waals surface area contributed by atoms with E-state index in [0.29, 0.717) is 11.5 Å². The Hall–Kier alpha value is -1.51. The maximum Gasteiger partial charge on any atom is 0.126 e. The summed E-state index contributed by atoms with van der Waals surface area (Å²) in [5.74, 6) is -0.520. The van der Waals surface area contributed by atoms with Gasteiger partial charge in [-0.25, -0.2) is 14.4 Å². The molecule has 30 heavy (non-hydrogen) atoms. The molecular weight excluding hydrogens is 470 g/mol. The molecule has 1 aliphatic carbocycles. The minimum absolute atomic E-state index is 0.210. The molecule has 154 valence electrons. The van der Waals surface area contributed by atoms with Gasteiger partial charge in [-0.2, -0.15) is 11.1 Å². The van der Waals surface area contributed by atoms with Crippen LogP contribution in [0.3, 0.4) is 0 Å². The van der Waals surface area contributed by atoms with Crippen LogP contribution in [0.5, 0.6) is 0 Å². The van der Waals surface area contributed by atoms with Crippen LogP contribution in [-0.2, 0) is 23.3 Å². The minimum Gasteiger partial charge on any atom is -0.207 e. The fraction of sp³-hybridized carbons (Fsp3) is 0.269. The predicted octanol–water partition coefficient (Wildman–Crippen LogP) is 8.01. The topological polar surface area (TPSA) is 0 Å². The summed E-state index contributed by atoms with van der Waals surface area (Å²) in [6.07, 6.45) is 3.36. The molecule has 0 radical (unpaired) electrons. The summed E-state index contributed by atoms with van der Waals surface area (Å²) in [6, 6.07) is 15.2. The van der Waals surface area contributed by atoms with Gasteiger partial charge in [0.05, 0.1) is 0 Å². The molecule has 4 heteroatoms. The first-order valence-corrected chi connectivity index (χ1v) is 16.2. The summed E-state index contributed by atoms with van der Waals surface area (Å²) in [7, 11) is 0. The van der Waals surface area contributed by atoms with E-state index in [9.17, 15) is 8.78 Å². The number of hydrogen-bond donors (Lipinski definition) is 0. The Balaban J connectivity index is 0.000000207. The molecular formula is C26H28F2SiZr. The van der Waals surface area contributed by atoms with Gasteiger partial charge >= 0.3 is 41.9 Å². The first-order chi connectivity index (χ1) is 14.1. The quantitative estimate of drug-likeness (QED) is 0.236.